The molecule has 218 valence electrons. The predicted molar refractivity (Wildman–Crippen MR) is 153 cm³/mol. The number of amides is 2. The molecule has 9 heteroatoms. The molecule has 2 amide bonds. The van der Waals surface area contributed by atoms with Gasteiger partial charge in [0.2, 0.25) is 11.8 Å². The van der Waals surface area contributed by atoms with Crippen molar-refractivity contribution < 1.29 is 19.8 Å². The quantitative estimate of drug-likeness (QED) is 0.461. The maximum absolute atomic E-state index is 13.8. The van der Waals surface area contributed by atoms with E-state index in [0.717, 1.165) is 61.3 Å². The minimum atomic E-state index is -0.865. The Hall–Kier alpha value is -2.91. The van der Waals surface area contributed by atoms with Gasteiger partial charge in [0.25, 0.3) is 0 Å². The molecule has 1 saturated carbocycles. The van der Waals surface area contributed by atoms with Crippen molar-refractivity contribution in [3.05, 3.63) is 41.2 Å². The molecule has 0 unspecified atom stereocenters. The molecule has 3 N–H and O–H groups in total. The van der Waals surface area contributed by atoms with Crippen LogP contribution in [0.25, 0.3) is 5.69 Å². The summed E-state index contributed by atoms with van der Waals surface area (Å²) in [5, 5.41) is 28.6. The molecule has 1 aromatic heterocycles. The van der Waals surface area contributed by atoms with Crippen LogP contribution in [0.5, 0.6) is 5.75 Å². The standard InChI is InChI=1S/C31H45N5O4/c1-4-5-17-35-28(38)27(20-30(40)13-7-6-8-14-30)32-29(39)31(35)15-18-34(19-16-31)21-26-22(2)33-36(23(26)3)24-9-11-25(37)12-10-24/h9-12,27,37,40H,4-8,13-21H2,1-3H3,(H,32,39)/t27-/m1/s1. The SMILES string of the molecule is CCCCN1C(=O)[C@@H](CC2(O)CCCCC2)NC(=O)C12CCN(Cc1c(C)nn(-c3ccc(O)cc3)c1C)CC2. The Bertz CT molecular complexity index is 1210. The topological polar surface area (TPSA) is 111 Å². The van der Waals surface area contributed by atoms with Crippen molar-refractivity contribution in [1.29, 1.82) is 0 Å². The molecule has 0 radical (unpaired) electrons. The average Bonchev–Trinajstić information content (AvgIpc) is 3.22. The van der Waals surface area contributed by atoms with Gasteiger partial charge in [0, 0.05) is 43.9 Å². The number of phenolic OH excluding ortho intramolecular Hbond substituents is 1. The Morgan fingerprint density at radius 1 is 1.02 bits per heavy atom. The number of hydrogen-bond donors (Lipinski definition) is 3. The summed E-state index contributed by atoms with van der Waals surface area (Å²) in [5.41, 5.74) is 2.40. The predicted octanol–water partition coefficient (Wildman–Crippen LogP) is 3.74. The third-order valence-electron chi connectivity index (χ3n) is 9.51. The highest BCUT2D eigenvalue weighted by Crippen LogP contribution is 2.38. The lowest BCUT2D eigenvalue weighted by Gasteiger charge is -2.52. The van der Waals surface area contributed by atoms with Crippen molar-refractivity contribution in [2.45, 2.75) is 109 Å². The van der Waals surface area contributed by atoms with Gasteiger partial charge in [0.1, 0.15) is 17.3 Å². The van der Waals surface area contributed by atoms with E-state index in [1.165, 1.54) is 0 Å². The summed E-state index contributed by atoms with van der Waals surface area (Å²) in [4.78, 5) is 31.8. The van der Waals surface area contributed by atoms with E-state index in [1.54, 1.807) is 12.1 Å². The maximum Gasteiger partial charge on any atom is 0.246 e. The molecule has 1 aromatic carbocycles. The molecule has 3 heterocycles. The van der Waals surface area contributed by atoms with Gasteiger partial charge < -0.3 is 20.4 Å². The van der Waals surface area contributed by atoms with Crippen molar-refractivity contribution in [2.75, 3.05) is 19.6 Å². The van der Waals surface area contributed by atoms with E-state index in [1.807, 2.05) is 28.6 Å². The smallest absolute Gasteiger partial charge is 0.246 e. The number of piperidine rings is 1. The van der Waals surface area contributed by atoms with E-state index in [2.05, 4.69) is 24.1 Å². The van der Waals surface area contributed by atoms with Crippen LogP contribution in [0.3, 0.4) is 0 Å². The minimum absolute atomic E-state index is 0.0256. The molecule has 40 heavy (non-hydrogen) atoms. The molecule has 1 spiro atoms. The number of aromatic nitrogens is 2. The fourth-order valence-corrected chi connectivity index (χ4v) is 7.00. The monoisotopic (exact) mass is 551 g/mol. The van der Waals surface area contributed by atoms with Crippen molar-refractivity contribution in [3.8, 4) is 11.4 Å². The van der Waals surface area contributed by atoms with Gasteiger partial charge in [0.15, 0.2) is 0 Å². The maximum atomic E-state index is 13.8. The van der Waals surface area contributed by atoms with E-state index in [4.69, 9.17) is 5.10 Å². The zero-order valence-electron chi connectivity index (χ0n) is 24.3. The molecule has 0 bridgehead atoms. The fraction of sp³-hybridized carbons (Fsp3) is 0.645. The first-order valence-electron chi connectivity index (χ1n) is 15.1. The minimum Gasteiger partial charge on any atom is -0.508 e. The summed E-state index contributed by atoms with van der Waals surface area (Å²) < 4.78 is 1.91. The lowest BCUT2D eigenvalue weighted by Crippen LogP contribution is -2.73. The number of carbonyl (C=O) groups is 2. The van der Waals surface area contributed by atoms with Crippen LogP contribution in [0.15, 0.2) is 24.3 Å². The molecule has 5 rings (SSSR count). The number of aromatic hydroxyl groups is 1. The Morgan fingerprint density at radius 2 is 1.70 bits per heavy atom. The fourth-order valence-electron chi connectivity index (χ4n) is 7.00. The highest BCUT2D eigenvalue weighted by atomic mass is 16.3. The Balaban J connectivity index is 1.29. The molecule has 2 aromatic rings. The molecule has 1 aliphatic carbocycles. The van der Waals surface area contributed by atoms with Crippen LogP contribution in [0.1, 0.15) is 88.1 Å². The number of aryl methyl sites for hydroxylation is 1. The Kier molecular flexibility index (Phi) is 8.25. The van der Waals surface area contributed by atoms with E-state index in [-0.39, 0.29) is 17.6 Å². The van der Waals surface area contributed by atoms with Crippen molar-refractivity contribution in [1.82, 2.24) is 24.9 Å². The Labute approximate surface area is 237 Å². The van der Waals surface area contributed by atoms with Crippen molar-refractivity contribution in [2.24, 2.45) is 0 Å². The molecule has 3 aliphatic rings. The lowest BCUT2D eigenvalue weighted by atomic mass is 9.77. The number of aliphatic hydroxyl groups is 1. The number of nitrogens with zero attached hydrogens (tertiary/aromatic N) is 4. The first kappa shape index (κ1) is 28.6. The summed E-state index contributed by atoms with van der Waals surface area (Å²) in [5.74, 6) is 0.143. The number of nitrogens with one attached hydrogen (secondary N) is 1. The molecular weight excluding hydrogens is 506 g/mol. The van der Waals surface area contributed by atoms with Gasteiger partial charge in [-0.2, -0.15) is 5.10 Å². The third kappa shape index (κ3) is 5.50. The first-order chi connectivity index (χ1) is 19.2. The zero-order valence-corrected chi connectivity index (χ0v) is 24.3. The van der Waals surface area contributed by atoms with Gasteiger partial charge in [-0.15, -0.1) is 0 Å². The van der Waals surface area contributed by atoms with E-state index >= 15 is 0 Å². The van der Waals surface area contributed by atoms with Gasteiger partial charge in [-0.3, -0.25) is 14.5 Å². The number of rotatable bonds is 8. The van der Waals surface area contributed by atoms with Crippen LogP contribution in [0.2, 0.25) is 0 Å². The number of carbonyl (C=O) groups excluding carboxylic acids is 2. The van der Waals surface area contributed by atoms with Crippen LogP contribution in [0.4, 0.5) is 0 Å². The van der Waals surface area contributed by atoms with Gasteiger partial charge in [-0.1, -0.05) is 32.6 Å². The zero-order chi connectivity index (χ0) is 28.5. The normalized spacial score (nSPS) is 23.0. The second-order valence-corrected chi connectivity index (χ2v) is 12.2. The van der Waals surface area contributed by atoms with Crippen molar-refractivity contribution >= 4 is 11.8 Å². The molecule has 9 nitrogen and oxygen atoms in total. The number of piperazine rings is 1. The number of unbranched alkanes of at least 4 members (excludes halogenated alkanes) is 1. The lowest BCUT2D eigenvalue weighted by molar-refractivity contribution is -0.163. The summed E-state index contributed by atoms with van der Waals surface area (Å²) in [6.45, 7) is 8.91. The van der Waals surface area contributed by atoms with Gasteiger partial charge in [-0.05, 0) is 70.2 Å². The Morgan fingerprint density at radius 3 is 2.35 bits per heavy atom. The third-order valence-corrected chi connectivity index (χ3v) is 9.51. The van der Waals surface area contributed by atoms with Crippen LogP contribution in [0, 0.1) is 13.8 Å². The first-order valence-corrected chi connectivity index (χ1v) is 15.1. The number of hydrogen-bond acceptors (Lipinski definition) is 6. The van der Waals surface area contributed by atoms with Crippen LogP contribution < -0.4 is 5.32 Å². The summed E-state index contributed by atoms with van der Waals surface area (Å²) >= 11 is 0. The summed E-state index contributed by atoms with van der Waals surface area (Å²) in [6, 6.07) is 6.39. The molecule has 3 fully saturated rings. The second kappa shape index (κ2) is 11.5. The molecule has 2 aliphatic heterocycles. The average molecular weight is 552 g/mol. The summed E-state index contributed by atoms with van der Waals surface area (Å²) in [6.07, 6.45) is 7.76. The highest BCUT2D eigenvalue weighted by molar-refractivity contribution is 6.00. The molecule has 1 atom stereocenters. The molecule has 2 saturated heterocycles. The molecular formula is C31H45N5O4. The van der Waals surface area contributed by atoms with Gasteiger partial charge >= 0.3 is 0 Å². The van der Waals surface area contributed by atoms with Crippen LogP contribution in [-0.2, 0) is 16.1 Å². The second-order valence-electron chi connectivity index (χ2n) is 12.2. The van der Waals surface area contributed by atoms with Crippen LogP contribution in [-0.4, -0.2) is 78.4 Å². The van der Waals surface area contributed by atoms with Gasteiger partial charge in [0.05, 0.1) is 17.0 Å². The van der Waals surface area contributed by atoms with E-state index in [0.29, 0.717) is 51.7 Å². The number of phenols is 1. The largest absolute Gasteiger partial charge is 0.508 e. The van der Waals surface area contributed by atoms with E-state index < -0.39 is 17.2 Å². The van der Waals surface area contributed by atoms with E-state index in [9.17, 15) is 19.8 Å². The van der Waals surface area contributed by atoms with Gasteiger partial charge in [-0.25, -0.2) is 4.68 Å². The van der Waals surface area contributed by atoms with Crippen LogP contribution >= 0.6 is 0 Å². The highest BCUT2D eigenvalue weighted by Gasteiger charge is 2.54. The number of benzene rings is 1. The summed E-state index contributed by atoms with van der Waals surface area (Å²) in [7, 11) is 0. The number of likely N-dealkylation sites (tertiary alicyclic amines) is 1. The van der Waals surface area contributed by atoms with Crippen molar-refractivity contribution in [3.63, 3.8) is 0 Å².